The van der Waals surface area contributed by atoms with Crippen molar-refractivity contribution in [3.05, 3.63) is 0 Å². The first-order valence-electron chi connectivity index (χ1n) is 1.79. The summed E-state index contributed by atoms with van der Waals surface area (Å²) in [6.45, 7) is 2.44. The van der Waals surface area contributed by atoms with Gasteiger partial charge in [-0.3, -0.25) is 0 Å². The maximum absolute atomic E-state index is 4.56. The van der Waals surface area contributed by atoms with Crippen LogP contribution in [0.3, 0.4) is 0 Å². The standard InChI is InChI=1S/C3H5NS2/c5-3-6-4-1-2-4/h3H,1-2H2. The van der Waals surface area contributed by atoms with Crippen molar-refractivity contribution in [2.75, 3.05) is 13.1 Å². The summed E-state index contributed by atoms with van der Waals surface area (Å²) >= 11 is 6.18. The molecule has 0 bridgehead atoms. The van der Waals surface area contributed by atoms with Crippen LogP contribution in [0.15, 0.2) is 0 Å². The number of hydrogen-bond acceptors (Lipinski definition) is 3. The molecule has 1 saturated heterocycles. The van der Waals surface area contributed by atoms with E-state index in [1.807, 2.05) is 0 Å². The Hall–Kier alpha value is 0.400. The first-order chi connectivity index (χ1) is 2.93. The van der Waals surface area contributed by atoms with E-state index in [9.17, 15) is 0 Å². The monoisotopic (exact) mass is 119 g/mol. The van der Waals surface area contributed by atoms with E-state index in [0.717, 1.165) is 0 Å². The van der Waals surface area contributed by atoms with Crippen molar-refractivity contribution < 1.29 is 0 Å². The van der Waals surface area contributed by atoms with E-state index in [-0.39, 0.29) is 0 Å². The van der Waals surface area contributed by atoms with E-state index in [2.05, 4.69) is 16.5 Å². The van der Waals surface area contributed by atoms with Crippen LogP contribution < -0.4 is 0 Å². The second-order valence-electron chi connectivity index (χ2n) is 1.13. The Balaban J connectivity index is 2.00. The van der Waals surface area contributed by atoms with Gasteiger partial charge in [-0.2, -0.15) is 0 Å². The Labute approximate surface area is 46.8 Å². The molecule has 1 nitrogen and oxygen atoms in total. The van der Waals surface area contributed by atoms with Crippen LogP contribution in [0.2, 0.25) is 0 Å². The quantitative estimate of drug-likeness (QED) is 0.302. The van der Waals surface area contributed by atoms with Gasteiger partial charge in [0.2, 0.25) is 0 Å². The molecule has 1 aliphatic heterocycles. The smallest absolute Gasteiger partial charge is 0.0499 e. The van der Waals surface area contributed by atoms with Crippen molar-refractivity contribution in [1.82, 2.24) is 4.31 Å². The number of nitrogens with zero attached hydrogens (tertiary/aromatic N) is 1. The van der Waals surface area contributed by atoms with Crippen molar-refractivity contribution in [3.63, 3.8) is 0 Å². The molecule has 0 aromatic rings. The zero-order valence-electron chi connectivity index (χ0n) is 3.26. The molecule has 34 valence electrons. The zero-order valence-corrected chi connectivity index (χ0v) is 4.89. The van der Waals surface area contributed by atoms with Gasteiger partial charge in [-0.05, 0) is 11.9 Å². The Morgan fingerprint density at radius 2 is 2.33 bits per heavy atom. The molecular formula is C3H5NS2. The molecule has 0 amide bonds. The summed E-state index contributed by atoms with van der Waals surface area (Å²) < 4.78 is 3.88. The van der Waals surface area contributed by atoms with E-state index in [0.29, 0.717) is 0 Å². The first-order valence-corrected chi connectivity index (χ1v) is 3.09. The highest BCUT2D eigenvalue weighted by atomic mass is 32.2. The second kappa shape index (κ2) is 1.91. The van der Waals surface area contributed by atoms with Crippen LogP contribution in [-0.2, 0) is 0 Å². The van der Waals surface area contributed by atoms with Crippen molar-refractivity contribution in [2.24, 2.45) is 0 Å². The van der Waals surface area contributed by atoms with Gasteiger partial charge in [-0.1, -0.05) is 12.2 Å². The topological polar surface area (TPSA) is 3.01 Å². The predicted octanol–water partition coefficient (Wildman–Crippen LogP) is 0.907. The fourth-order valence-electron chi connectivity index (χ4n) is 0.207. The molecule has 1 heterocycles. The Bertz CT molecular complexity index is 59.8. The summed E-state index contributed by atoms with van der Waals surface area (Å²) in [6.07, 6.45) is 0. The second-order valence-corrected chi connectivity index (χ2v) is 2.63. The summed E-state index contributed by atoms with van der Waals surface area (Å²) in [5.41, 5.74) is 0. The highest BCUT2D eigenvalue weighted by molar-refractivity contribution is 8.19. The molecule has 3 heteroatoms. The Morgan fingerprint density at radius 3 is 2.50 bits per heavy atom. The van der Waals surface area contributed by atoms with E-state index >= 15 is 0 Å². The molecule has 0 aromatic carbocycles. The van der Waals surface area contributed by atoms with Crippen molar-refractivity contribution in [1.29, 1.82) is 0 Å². The third kappa shape index (κ3) is 1.24. The number of hydrogen-bond donors (Lipinski definition) is 0. The van der Waals surface area contributed by atoms with Crippen molar-refractivity contribution >= 4 is 28.9 Å². The normalized spacial score (nSPS) is 20.7. The summed E-state index contributed by atoms with van der Waals surface area (Å²) in [6, 6.07) is 0. The van der Waals surface area contributed by atoms with Gasteiger partial charge >= 0.3 is 0 Å². The lowest BCUT2D eigenvalue weighted by Gasteiger charge is -1.82. The molecule has 6 heavy (non-hydrogen) atoms. The van der Waals surface area contributed by atoms with E-state index in [1.165, 1.54) is 13.1 Å². The maximum Gasteiger partial charge on any atom is 0.0499 e. The predicted molar refractivity (Wildman–Crippen MR) is 32.8 cm³/mol. The van der Waals surface area contributed by atoms with Crippen LogP contribution in [-0.4, -0.2) is 22.1 Å². The summed E-state index contributed by atoms with van der Waals surface area (Å²) in [7, 11) is 0. The lowest BCUT2D eigenvalue weighted by molar-refractivity contribution is 0.965. The van der Waals surface area contributed by atoms with Crippen molar-refractivity contribution in [2.45, 2.75) is 0 Å². The minimum atomic E-state index is 1.22. The molecule has 0 radical (unpaired) electrons. The van der Waals surface area contributed by atoms with Crippen molar-refractivity contribution in [3.8, 4) is 0 Å². The third-order valence-corrected chi connectivity index (χ3v) is 1.61. The molecular weight excluding hydrogens is 114 g/mol. The summed E-state index contributed by atoms with van der Waals surface area (Å²) in [5.74, 6) is 0. The molecule has 0 saturated carbocycles. The molecule has 0 spiro atoms. The van der Waals surface area contributed by atoms with E-state index in [4.69, 9.17) is 0 Å². The molecule has 0 aromatic heterocycles. The molecule has 0 N–H and O–H groups in total. The van der Waals surface area contributed by atoms with Crippen LogP contribution in [0.25, 0.3) is 0 Å². The minimum absolute atomic E-state index is 1.22. The Kier molecular flexibility index (Phi) is 1.45. The molecule has 1 fully saturated rings. The molecule has 1 aliphatic rings. The van der Waals surface area contributed by atoms with Gasteiger partial charge < -0.3 is 0 Å². The highest BCUT2D eigenvalue weighted by Gasteiger charge is 2.15. The number of rotatable bonds is 2. The Morgan fingerprint density at radius 1 is 1.67 bits per heavy atom. The van der Waals surface area contributed by atoms with Crippen LogP contribution in [0.5, 0.6) is 0 Å². The zero-order chi connectivity index (χ0) is 4.41. The van der Waals surface area contributed by atoms with Crippen LogP contribution in [0, 0.1) is 0 Å². The van der Waals surface area contributed by atoms with Gasteiger partial charge in [0, 0.05) is 17.8 Å². The SMILES string of the molecule is S=CSN1CC1. The third-order valence-electron chi connectivity index (χ3n) is 0.598. The molecule has 0 unspecified atom stereocenters. The summed E-state index contributed by atoms with van der Waals surface area (Å²) in [5, 5.41) is 0. The molecule has 0 aliphatic carbocycles. The fraction of sp³-hybridized carbons (Fsp3) is 0.667. The average molecular weight is 119 g/mol. The molecule has 1 rings (SSSR count). The van der Waals surface area contributed by atoms with Gasteiger partial charge in [0.25, 0.3) is 0 Å². The minimum Gasteiger partial charge on any atom is -0.244 e. The van der Waals surface area contributed by atoms with Gasteiger partial charge in [0.1, 0.15) is 0 Å². The number of thiocarbonyl (C=S) groups is 1. The fourth-order valence-corrected chi connectivity index (χ4v) is 0.986. The lowest BCUT2D eigenvalue weighted by atomic mass is 11.0. The van der Waals surface area contributed by atoms with E-state index < -0.39 is 0 Å². The molecule has 0 atom stereocenters. The average Bonchev–Trinajstić information content (AvgIpc) is 2.21. The van der Waals surface area contributed by atoms with Crippen LogP contribution in [0.4, 0.5) is 0 Å². The van der Waals surface area contributed by atoms with Gasteiger partial charge in [-0.15, -0.1) is 0 Å². The van der Waals surface area contributed by atoms with Crippen LogP contribution >= 0.6 is 24.2 Å². The van der Waals surface area contributed by atoms with Gasteiger partial charge in [0.05, 0.1) is 0 Å². The largest absolute Gasteiger partial charge is 0.244 e. The van der Waals surface area contributed by atoms with Crippen LogP contribution in [0.1, 0.15) is 0 Å². The highest BCUT2D eigenvalue weighted by Crippen LogP contribution is 2.15. The summed E-state index contributed by atoms with van der Waals surface area (Å²) in [4.78, 5) is 0. The lowest BCUT2D eigenvalue weighted by Crippen LogP contribution is -1.74. The van der Waals surface area contributed by atoms with Gasteiger partial charge in [-0.25, -0.2) is 4.31 Å². The van der Waals surface area contributed by atoms with Gasteiger partial charge in [0.15, 0.2) is 0 Å². The first kappa shape index (κ1) is 4.56. The van der Waals surface area contributed by atoms with E-state index in [1.54, 1.807) is 16.6 Å². The maximum atomic E-state index is 4.56.